The first-order chi connectivity index (χ1) is 14.1. The van der Waals surface area contributed by atoms with Crippen LogP contribution in [0.25, 0.3) is 10.9 Å². The number of hydrogen-bond donors (Lipinski definition) is 1. The van der Waals surface area contributed by atoms with Gasteiger partial charge in [-0.05, 0) is 44.4 Å². The molecule has 0 saturated carbocycles. The molecule has 10 nitrogen and oxygen atoms in total. The third-order valence-electron chi connectivity index (χ3n) is 5.21. The summed E-state index contributed by atoms with van der Waals surface area (Å²) in [6, 6.07) is 4.97. The van der Waals surface area contributed by atoms with E-state index >= 15 is 0 Å². The molecule has 1 aliphatic heterocycles. The standard InChI is InChI=1S/C18H23BrN4O6S/c1-18(30(2,26)27,17(25)21-29-15-5-3-4-10-28-15)8-9-23-16(24)13-7-6-12(19)11-14(13)20-22-23/h6-7,11,15H,3-5,8-10H2,1-2H3,(H,21,25). The second-order valence-electron chi connectivity index (χ2n) is 7.38. The van der Waals surface area contributed by atoms with Crippen molar-refractivity contribution in [1.82, 2.24) is 20.5 Å². The molecule has 1 saturated heterocycles. The maximum absolute atomic E-state index is 12.7. The molecule has 0 radical (unpaired) electrons. The van der Waals surface area contributed by atoms with Crippen molar-refractivity contribution in [2.45, 2.75) is 50.2 Å². The van der Waals surface area contributed by atoms with E-state index in [1.165, 1.54) is 6.92 Å². The highest BCUT2D eigenvalue weighted by atomic mass is 79.9. The van der Waals surface area contributed by atoms with Crippen LogP contribution in [0.5, 0.6) is 0 Å². The van der Waals surface area contributed by atoms with Gasteiger partial charge in [0.2, 0.25) is 0 Å². The Bertz CT molecular complexity index is 1100. The summed E-state index contributed by atoms with van der Waals surface area (Å²) in [7, 11) is -3.85. The first-order valence-electron chi connectivity index (χ1n) is 9.42. The predicted octanol–water partition coefficient (Wildman–Crippen LogP) is 1.32. The molecular formula is C18H23BrN4O6S. The minimum absolute atomic E-state index is 0.116. The summed E-state index contributed by atoms with van der Waals surface area (Å²) in [6.45, 7) is 1.69. The Morgan fingerprint density at radius 1 is 1.43 bits per heavy atom. The van der Waals surface area contributed by atoms with E-state index in [9.17, 15) is 18.0 Å². The van der Waals surface area contributed by atoms with Gasteiger partial charge in [0.15, 0.2) is 20.9 Å². The molecule has 1 aromatic carbocycles. The second kappa shape index (κ2) is 9.08. The molecule has 2 atom stereocenters. The quantitative estimate of drug-likeness (QED) is 0.561. The Morgan fingerprint density at radius 2 is 2.20 bits per heavy atom. The monoisotopic (exact) mass is 502 g/mol. The minimum Gasteiger partial charge on any atom is -0.350 e. The van der Waals surface area contributed by atoms with Gasteiger partial charge in [0.25, 0.3) is 11.5 Å². The number of nitrogens with zero attached hydrogens (tertiary/aromatic N) is 3. The van der Waals surface area contributed by atoms with Crippen molar-refractivity contribution in [3.8, 4) is 0 Å². The van der Waals surface area contributed by atoms with Crippen LogP contribution in [-0.4, -0.2) is 53.2 Å². The average Bonchev–Trinajstić information content (AvgIpc) is 2.71. The van der Waals surface area contributed by atoms with Crippen LogP contribution >= 0.6 is 15.9 Å². The molecule has 1 fully saturated rings. The molecule has 1 aromatic heterocycles. The topological polar surface area (TPSA) is 129 Å². The fourth-order valence-electron chi connectivity index (χ4n) is 3.01. The molecule has 0 aliphatic carbocycles. The van der Waals surface area contributed by atoms with Gasteiger partial charge in [0.1, 0.15) is 5.52 Å². The van der Waals surface area contributed by atoms with Crippen LogP contribution in [0.1, 0.15) is 32.6 Å². The van der Waals surface area contributed by atoms with Crippen molar-refractivity contribution in [3.05, 3.63) is 33.0 Å². The summed E-state index contributed by atoms with van der Waals surface area (Å²) in [5.74, 6) is -0.829. The summed E-state index contributed by atoms with van der Waals surface area (Å²) < 4.78 is 30.2. The molecule has 164 valence electrons. The number of sulfone groups is 1. The molecule has 0 spiro atoms. The number of aromatic nitrogens is 3. The number of hydroxylamine groups is 1. The Labute approximate surface area is 181 Å². The van der Waals surface area contributed by atoms with Gasteiger partial charge in [-0.15, -0.1) is 5.10 Å². The molecule has 1 amide bonds. The highest BCUT2D eigenvalue weighted by molar-refractivity contribution is 9.10. The molecule has 2 aromatic rings. The average molecular weight is 503 g/mol. The summed E-state index contributed by atoms with van der Waals surface area (Å²) in [5.41, 5.74) is 2.21. The SMILES string of the molecule is CC(CCn1nnc2cc(Br)ccc2c1=O)(C(=O)NOC1CCCCO1)S(C)(=O)=O. The Hall–Kier alpha value is -1.89. The number of benzene rings is 1. The zero-order valence-corrected chi connectivity index (χ0v) is 19.0. The van der Waals surface area contributed by atoms with Crippen LogP contribution in [0, 0.1) is 0 Å². The fourth-order valence-corrected chi connectivity index (χ4v) is 4.20. The van der Waals surface area contributed by atoms with Crippen LogP contribution < -0.4 is 11.0 Å². The van der Waals surface area contributed by atoms with Crippen molar-refractivity contribution in [1.29, 1.82) is 0 Å². The number of amides is 1. The minimum atomic E-state index is -3.85. The van der Waals surface area contributed by atoms with Crippen molar-refractivity contribution in [2.75, 3.05) is 12.9 Å². The maximum atomic E-state index is 12.7. The number of aryl methyl sites for hydroxylation is 1. The van der Waals surface area contributed by atoms with Crippen molar-refractivity contribution >= 4 is 42.6 Å². The number of hydrogen-bond acceptors (Lipinski definition) is 8. The lowest BCUT2D eigenvalue weighted by atomic mass is 10.1. The third-order valence-corrected chi connectivity index (χ3v) is 7.72. The number of carbonyl (C=O) groups excluding carboxylic acids is 1. The highest BCUT2D eigenvalue weighted by Crippen LogP contribution is 2.23. The van der Waals surface area contributed by atoms with E-state index in [1.807, 2.05) is 0 Å². The van der Waals surface area contributed by atoms with Gasteiger partial charge in [0, 0.05) is 30.3 Å². The van der Waals surface area contributed by atoms with E-state index in [0.717, 1.165) is 28.3 Å². The molecule has 1 N–H and O–H groups in total. The lowest BCUT2D eigenvalue weighted by Crippen LogP contribution is -2.51. The smallest absolute Gasteiger partial charge is 0.277 e. The molecule has 2 heterocycles. The van der Waals surface area contributed by atoms with Gasteiger partial charge in [0.05, 0.1) is 5.39 Å². The number of nitrogens with one attached hydrogen (secondary N) is 1. The van der Waals surface area contributed by atoms with E-state index < -0.39 is 32.3 Å². The zero-order chi connectivity index (χ0) is 21.9. The maximum Gasteiger partial charge on any atom is 0.277 e. The van der Waals surface area contributed by atoms with Gasteiger partial charge in [-0.25, -0.2) is 23.4 Å². The number of carbonyl (C=O) groups is 1. The molecule has 2 unspecified atom stereocenters. The van der Waals surface area contributed by atoms with Gasteiger partial charge in [-0.2, -0.15) is 0 Å². The Kier molecular flexibility index (Phi) is 6.90. The van der Waals surface area contributed by atoms with Crippen LogP contribution in [-0.2, 0) is 30.8 Å². The molecule has 0 bridgehead atoms. The lowest BCUT2D eigenvalue weighted by Gasteiger charge is -2.28. The van der Waals surface area contributed by atoms with Gasteiger partial charge >= 0.3 is 0 Å². The molecule has 3 rings (SSSR count). The van der Waals surface area contributed by atoms with Crippen LogP contribution in [0.15, 0.2) is 27.5 Å². The van der Waals surface area contributed by atoms with Crippen molar-refractivity contribution in [2.24, 2.45) is 0 Å². The summed E-state index contributed by atoms with van der Waals surface area (Å²) in [4.78, 5) is 30.6. The third kappa shape index (κ3) is 4.88. The summed E-state index contributed by atoms with van der Waals surface area (Å²) in [5, 5.41) is 8.21. The highest BCUT2D eigenvalue weighted by Gasteiger charge is 2.44. The zero-order valence-electron chi connectivity index (χ0n) is 16.6. The van der Waals surface area contributed by atoms with E-state index in [4.69, 9.17) is 9.57 Å². The number of ether oxygens (including phenoxy) is 1. The first-order valence-corrected chi connectivity index (χ1v) is 12.1. The van der Waals surface area contributed by atoms with E-state index in [2.05, 4.69) is 31.7 Å². The van der Waals surface area contributed by atoms with Crippen molar-refractivity contribution in [3.63, 3.8) is 0 Å². The molecule has 12 heteroatoms. The Morgan fingerprint density at radius 3 is 2.87 bits per heavy atom. The predicted molar refractivity (Wildman–Crippen MR) is 112 cm³/mol. The normalized spacial score (nSPS) is 19.4. The molecule has 1 aliphatic rings. The van der Waals surface area contributed by atoms with Gasteiger partial charge in [-0.1, -0.05) is 21.1 Å². The van der Waals surface area contributed by atoms with Gasteiger partial charge in [-0.3, -0.25) is 9.59 Å². The Balaban J connectivity index is 1.77. The molecule has 30 heavy (non-hydrogen) atoms. The lowest BCUT2D eigenvalue weighted by molar-refractivity contribution is -0.201. The summed E-state index contributed by atoms with van der Waals surface area (Å²) in [6.07, 6.45) is 2.57. The second-order valence-corrected chi connectivity index (χ2v) is 10.7. The van der Waals surface area contributed by atoms with E-state index in [-0.39, 0.29) is 13.0 Å². The summed E-state index contributed by atoms with van der Waals surface area (Å²) >= 11 is 3.30. The molecular weight excluding hydrogens is 480 g/mol. The van der Waals surface area contributed by atoms with Crippen LogP contribution in [0.3, 0.4) is 0 Å². The number of halogens is 1. The van der Waals surface area contributed by atoms with E-state index in [1.54, 1.807) is 18.2 Å². The fraction of sp³-hybridized carbons (Fsp3) is 0.556. The number of fused-ring (bicyclic) bond motifs is 1. The largest absolute Gasteiger partial charge is 0.350 e. The van der Waals surface area contributed by atoms with Crippen molar-refractivity contribution < 1.29 is 22.8 Å². The first kappa shape index (κ1) is 22.8. The number of rotatable bonds is 7. The van der Waals surface area contributed by atoms with Crippen LogP contribution in [0.4, 0.5) is 0 Å². The van der Waals surface area contributed by atoms with E-state index in [0.29, 0.717) is 23.9 Å². The van der Waals surface area contributed by atoms with Gasteiger partial charge < -0.3 is 4.74 Å². The van der Waals surface area contributed by atoms with Crippen LogP contribution in [0.2, 0.25) is 0 Å².